The van der Waals surface area contributed by atoms with Crippen LogP contribution >= 0.6 is 28.6 Å². The molecule has 1 saturated heterocycles. The number of carbonyl (C=O) groups is 1. The molecule has 1 aliphatic heterocycles. The molecule has 282 valence electrons. The average Bonchev–Trinajstić information content (AvgIpc) is 3.16. The van der Waals surface area contributed by atoms with Crippen LogP contribution in [0.5, 0.6) is 23.1 Å². The normalized spacial score (nSPS) is 13.4. The fourth-order valence-electron chi connectivity index (χ4n) is 6.16. The Labute approximate surface area is 335 Å². The Morgan fingerprint density at radius 1 is 0.796 bits per heavy atom. The van der Waals surface area contributed by atoms with Gasteiger partial charge < -0.3 is 19.1 Å². The second-order valence-corrected chi connectivity index (χ2v) is 14.5. The number of hydrogen-bond donors (Lipinski definition) is 0. The van der Waals surface area contributed by atoms with Crippen LogP contribution in [-0.2, 0) is 24.6 Å². The Hall–Kier alpha value is -4.63. The molecule has 7 nitrogen and oxygen atoms in total. The zero-order chi connectivity index (χ0) is 37.3. The number of nitrogens with zero attached hydrogens (tertiary/aromatic N) is 3. The lowest BCUT2D eigenvalue weighted by Gasteiger charge is -2.34. The zero-order valence-corrected chi connectivity index (χ0v) is 34.1. The molecule has 0 unspecified atom stereocenters. The van der Waals surface area contributed by atoms with Gasteiger partial charge in [0, 0.05) is 44.9 Å². The van der Waals surface area contributed by atoms with Crippen LogP contribution in [0.3, 0.4) is 0 Å². The van der Waals surface area contributed by atoms with Crippen LogP contribution in [0.1, 0.15) is 65.6 Å². The van der Waals surface area contributed by atoms with Crippen molar-refractivity contribution in [2.45, 2.75) is 60.3 Å². The number of carbonyl (C=O) groups excluding carboxylic acids is 1. The molecular formula is C45H49BrClN3O4. The predicted octanol–water partition coefficient (Wildman–Crippen LogP) is 10.8. The first kappa shape index (κ1) is 40.6. The highest BCUT2D eigenvalue weighted by molar-refractivity contribution is 8.93. The van der Waals surface area contributed by atoms with E-state index in [0.29, 0.717) is 54.6 Å². The highest BCUT2D eigenvalue weighted by Gasteiger charge is 2.21. The van der Waals surface area contributed by atoms with E-state index in [1.54, 1.807) is 18.3 Å². The minimum atomic E-state index is 0. The summed E-state index contributed by atoms with van der Waals surface area (Å²) in [5, 5.41) is 0.451. The lowest BCUT2D eigenvalue weighted by molar-refractivity contribution is -0.127. The van der Waals surface area contributed by atoms with Gasteiger partial charge in [-0.3, -0.25) is 9.69 Å². The van der Waals surface area contributed by atoms with Gasteiger partial charge in [0.05, 0.1) is 11.2 Å². The first-order valence-electron chi connectivity index (χ1n) is 18.2. The molecule has 1 amide bonds. The van der Waals surface area contributed by atoms with Crippen LogP contribution in [0, 0.1) is 13.8 Å². The fraction of sp³-hybridized carbons (Fsp3) is 0.289. The van der Waals surface area contributed by atoms with Gasteiger partial charge >= 0.3 is 0 Å². The van der Waals surface area contributed by atoms with Gasteiger partial charge in [-0.25, -0.2) is 4.98 Å². The number of piperazine rings is 1. The number of ether oxygens (including phenoxy) is 3. The van der Waals surface area contributed by atoms with Gasteiger partial charge in [0.1, 0.15) is 24.7 Å². The summed E-state index contributed by atoms with van der Waals surface area (Å²) in [7, 11) is 0. The van der Waals surface area contributed by atoms with Crippen molar-refractivity contribution in [1.82, 2.24) is 14.8 Å². The molecule has 9 heteroatoms. The van der Waals surface area contributed by atoms with Gasteiger partial charge in [-0.1, -0.05) is 91.7 Å². The molecular weight excluding hydrogens is 762 g/mol. The molecule has 4 aromatic carbocycles. The number of aryl methyl sites for hydroxylation is 2. The van der Waals surface area contributed by atoms with Gasteiger partial charge in [-0.15, -0.1) is 17.0 Å². The van der Waals surface area contributed by atoms with E-state index in [9.17, 15) is 4.79 Å². The van der Waals surface area contributed by atoms with Gasteiger partial charge in [-0.2, -0.15) is 0 Å². The number of rotatable bonds is 13. The Morgan fingerprint density at radius 2 is 1.39 bits per heavy atom. The minimum Gasteiger partial charge on any atom is -0.489 e. The van der Waals surface area contributed by atoms with Crippen LogP contribution < -0.4 is 14.2 Å². The van der Waals surface area contributed by atoms with Gasteiger partial charge in [-0.05, 0) is 96.0 Å². The van der Waals surface area contributed by atoms with Crippen molar-refractivity contribution < 1.29 is 19.0 Å². The third-order valence-electron chi connectivity index (χ3n) is 9.53. The minimum absolute atomic E-state index is 0. The number of aromatic nitrogens is 1. The molecule has 1 aromatic heterocycles. The number of amides is 1. The molecule has 0 N–H and O–H groups in total. The van der Waals surface area contributed by atoms with Crippen LogP contribution in [0.25, 0.3) is 5.57 Å². The second kappa shape index (κ2) is 19.1. The summed E-state index contributed by atoms with van der Waals surface area (Å²) in [4.78, 5) is 22.0. The molecule has 0 atom stereocenters. The van der Waals surface area contributed by atoms with E-state index in [1.807, 2.05) is 49.1 Å². The van der Waals surface area contributed by atoms with Gasteiger partial charge in [0.15, 0.2) is 5.75 Å². The number of halogens is 2. The molecule has 0 saturated carbocycles. The number of hydrogen-bond acceptors (Lipinski definition) is 6. The van der Waals surface area contributed by atoms with Crippen LogP contribution in [0.2, 0.25) is 5.02 Å². The highest BCUT2D eigenvalue weighted by atomic mass is 79.9. The quantitative estimate of drug-likeness (QED) is 0.110. The summed E-state index contributed by atoms with van der Waals surface area (Å²) >= 11 is 6.71. The Balaban J connectivity index is 0.00000561. The molecule has 1 fully saturated rings. The summed E-state index contributed by atoms with van der Waals surface area (Å²) in [6.07, 6.45) is 3.35. The van der Waals surface area contributed by atoms with Crippen molar-refractivity contribution >= 4 is 40.1 Å². The maximum Gasteiger partial charge on any atom is 0.246 e. The number of benzene rings is 4. The first-order valence-corrected chi connectivity index (χ1v) is 18.6. The molecule has 1 aliphatic rings. The van der Waals surface area contributed by atoms with Crippen molar-refractivity contribution in [3.05, 3.63) is 153 Å². The average molecular weight is 811 g/mol. The Bertz CT molecular complexity index is 1980. The Morgan fingerprint density at radius 3 is 1.98 bits per heavy atom. The molecule has 0 aliphatic carbocycles. The maximum atomic E-state index is 13.3. The monoisotopic (exact) mass is 809 g/mol. The van der Waals surface area contributed by atoms with Crippen molar-refractivity contribution in [2.75, 3.05) is 26.2 Å². The van der Waals surface area contributed by atoms with E-state index < -0.39 is 0 Å². The molecule has 5 aromatic rings. The largest absolute Gasteiger partial charge is 0.489 e. The second-order valence-electron chi connectivity index (χ2n) is 14.1. The molecule has 0 bridgehead atoms. The summed E-state index contributed by atoms with van der Waals surface area (Å²) in [5.74, 6) is 2.99. The highest BCUT2D eigenvalue weighted by Crippen LogP contribution is 2.35. The van der Waals surface area contributed by atoms with E-state index in [0.717, 1.165) is 53.2 Å². The third-order valence-corrected chi connectivity index (χ3v) is 9.81. The smallest absolute Gasteiger partial charge is 0.246 e. The van der Waals surface area contributed by atoms with E-state index in [2.05, 4.69) is 91.3 Å². The molecule has 0 radical (unpaired) electrons. The number of pyridine rings is 1. The Kier molecular flexibility index (Phi) is 14.3. The van der Waals surface area contributed by atoms with Crippen molar-refractivity contribution in [3.8, 4) is 23.1 Å². The third kappa shape index (κ3) is 11.2. The zero-order valence-electron chi connectivity index (χ0n) is 31.7. The molecule has 2 heterocycles. The first-order chi connectivity index (χ1) is 25.6. The topological polar surface area (TPSA) is 64.1 Å². The summed E-state index contributed by atoms with van der Waals surface area (Å²) in [5.41, 5.74) is 8.57. The van der Waals surface area contributed by atoms with Crippen LogP contribution in [-0.4, -0.2) is 46.9 Å². The maximum absolute atomic E-state index is 13.3. The lowest BCUT2D eigenvalue weighted by atomic mass is 10.0. The van der Waals surface area contributed by atoms with Gasteiger partial charge in [0.25, 0.3) is 0 Å². The van der Waals surface area contributed by atoms with E-state index in [-0.39, 0.29) is 22.9 Å². The summed E-state index contributed by atoms with van der Waals surface area (Å²) in [6, 6.07) is 32.6. The predicted molar refractivity (Wildman–Crippen MR) is 223 cm³/mol. The van der Waals surface area contributed by atoms with Crippen molar-refractivity contribution in [2.24, 2.45) is 0 Å². The van der Waals surface area contributed by atoms with E-state index >= 15 is 0 Å². The SMILES string of the molecule is Br.C/C(=C/C(=O)N1CCN(Cc2ccc(COc3ccc(C(C)C)cc3)cc2)CC1)c1cc(C)c(Oc2ccc(OCc3ccc(C)cc3)cn2)c(Cl)c1. The summed E-state index contributed by atoms with van der Waals surface area (Å²) in [6.45, 7) is 15.2. The van der Waals surface area contributed by atoms with Crippen LogP contribution in [0.4, 0.5) is 0 Å². The molecule has 54 heavy (non-hydrogen) atoms. The van der Waals surface area contributed by atoms with Gasteiger partial charge in [0.2, 0.25) is 11.8 Å². The van der Waals surface area contributed by atoms with E-state index in [4.69, 9.17) is 25.8 Å². The van der Waals surface area contributed by atoms with E-state index in [1.165, 1.54) is 16.7 Å². The van der Waals surface area contributed by atoms with Crippen molar-refractivity contribution in [1.29, 1.82) is 0 Å². The van der Waals surface area contributed by atoms with Crippen molar-refractivity contribution in [3.63, 3.8) is 0 Å². The standard InChI is InChI=1S/C45H48ClN3O4.BrH/c1-31(2)38-14-16-40(17-15-38)51-29-37-12-10-35(11-13-37)28-48-20-22-49(23-21-48)44(50)25-33(4)39-24-34(5)45(42(46)26-39)53-43-19-18-41(27-47-43)52-30-36-8-6-32(3)7-9-36;/h6-19,24-27,31H,20-23,28-30H2,1-5H3;1H/b33-25-;. The van der Waals surface area contributed by atoms with Crippen LogP contribution in [0.15, 0.2) is 109 Å². The molecule has 6 rings (SSSR count). The summed E-state index contributed by atoms with van der Waals surface area (Å²) < 4.78 is 17.9. The fourth-order valence-corrected chi connectivity index (χ4v) is 6.46. The molecule has 0 spiro atoms. The number of allylic oxidation sites excluding steroid dienone is 1. The lowest BCUT2D eigenvalue weighted by Crippen LogP contribution is -2.47.